The van der Waals surface area contributed by atoms with Crippen molar-refractivity contribution in [1.29, 1.82) is 0 Å². The Morgan fingerprint density at radius 1 is 1.33 bits per heavy atom. The Labute approximate surface area is 154 Å². The first-order chi connectivity index (χ1) is 12.6. The van der Waals surface area contributed by atoms with Crippen LogP contribution in [0.25, 0.3) is 22.1 Å². The second-order valence-corrected chi connectivity index (χ2v) is 6.17. The van der Waals surface area contributed by atoms with E-state index in [2.05, 4.69) is 9.97 Å². The van der Waals surface area contributed by atoms with Gasteiger partial charge in [0.2, 0.25) is 5.95 Å². The van der Waals surface area contributed by atoms with Gasteiger partial charge in [0.1, 0.15) is 11.1 Å². The standard InChI is InChI=1S/C13H12ClN5O.C2HF3O2/c14-7-2-1-3-8-9(7)10-11(20-8)12(18-13(16)17-10)19-4-6(15)5-19;3-2(4,5)1(6)7/h1-3,6H,4-5,15H2,(H2,16,17,18);(H,6,7). The number of nitrogens with zero attached hydrogens (tertiary/aromatic N) is 3. The number of nitrogen functional groups attached to an aromatic ring is 1. The van der Waals surface area contributed by atoms with E-state index in [1.165, 1.54) is 0 Å². The highest BCUT2D eigenvalue weighted by molar-refractivity contribution is 6.37. The summed E-state index contributed by atoms with van der Waals surface area (Å²) in [4.78, 5) is 19.5. The normalized spacial score (nSPS) is 14.8. The van der Waals surface area contributed by atoms with Crippen LogP contribution in [0.2, 0.25) is 5.02 Å². The molecule has 0 aliphatic carbocycles. The van der Waals surface area contributed by atoms with E-state index in [9.17, 15) is 13.2 Å². The molecular formula is C15H13ClF3N5O3. The fourth-order valence-electron chi connectivity index (χ4n) is 2.55. The zero-order valence-corrected chi connectivity index (χ0v) is 14.3. The summed E-state index contributed by atoms with van der Waals surface area (Å²) in [5.74, 6) is -1.87. The van der Waals surface area contributed by atoms with Crippen LogP contribution in [0.1, 0.15) is 0 Å². The maximum Gasteiger partial charge on any atom is 0.490 e. The molecule has 1 aliphatic heterocycles. The third-order valence-electron chi connectivity index (χ3n) is 3.74. The fourth-order valence-corrected chi connectivity index (χ4v) is 2.80. The van der Waals surface area contributed by atoms with Crippen LogP contribution in [-0.2, 0) is 4.79 Å². The van der Waals surface area contributed by atoms with E-state index < -0.39 is 12.1 Å². The van der Waals surface area contributed by atoms with E-state index >= 15 is 0 Å². The number of hydrogen-bond acceptors (Lipinski definition) is 7. The number of carboxylic acids is 1. The van der Waals surface area contributed by atoms with Crippen LogP contribution in [-0.4, -0.2) is 46.4 Å². The van der Waals surface area contributed by atoms with Gasteiger partial charge in [0.15, 0.2) is 11.4 Å². The maximum atomic E-state index is 10.6. The van der Waals surface area contributed by atoms with Crippen molar-refractivity contribution in [3.8, 4) is 0 Å². The molecule has 0 unspecified atom stereocenters. The quantitative estimate of drug-likeness (QED) is 0.564. The minimum atomic E-state index is -5.08. The van der Waals surface area contributed by atoms with Crippen molar-refractivity contribution >= 4 is 51.4 Å². The number of fused-ring (bicyclic) bond motifs is 3. The van der Waals surface area contributed by atoms with E-state index in [-0.39, 0.29) is 12.0 Å². The number of anilines is 2. The smallest absolute Gasteiger partial charge is 0.475 e. The van der Waals surface area contributed by atoms with E-state index in [0.29, 0.717) is 27.5 Å². The first-order valence-electron chi connectivity index (χ1n) is 7.52. The molecule has 4 rings (SSSR count). The molecule has 1 aliphatic rings. The highest BCUT2D eigenvalue weighted by Crippen LogP contribution is 2.37. The average molecular weight is 404 g/mol. The van der Waals surface area contributed by atoms with Crippen LogP contribution in [0.3, 0.4) is 0 Å². The van der Waals surface area contributed by atoms with E-state index in [1.54, 1.807) is 6.07 Å². The van der Waals surface area contributed by atoms with E-state index in [1.807, 2.05) is 17.0 Å². The van der Waals surface area contributed by atoms with Gasteiger partial charge in [0, 0.05) is 19.1 Å². The average Bonchev–Trinajstić information content (AvgIpc) is 2.90. The molecule has 0 amide bonds. The lowest BCUT2D eigenvalue weighted by Gasteiger charge is -2.37. The van der Waals surface area contributed by atoms with Gasteiger partial charge >= 0.3 is 12.1 Å². The molecule has 1 fully saturated rings. The van der Waals surface area contributed by atoms with Crippen molar-refractivity contribution in [1.82, 2.24) is 9.97 Å². The molecule has 0 saturated carbocycles. The summed E-state index contributed by atoms with van der Waals surface area (Å²) in [6, 6.07) is 5.65. The number of rotatable bonds is 1. The van der Waals surface area contributed by atoms with Crippen LogP contribution < -0.4 is 16.4 Å². The maximum absolute atomic E-state index is 10.6. The van der Waals surface area contributed by atoms with Crippen LogP contribution in [0.4, 0.5) is 24.9 Å². The summed E-state index contributed by atoms with van der Waals surface area (Å²) in [5, 5.41) is 8.48. The highest BCUT2D eigenvalue weighted by atomic mass is 35.5. The van der Waals surface area contributed by atoms with Gasteiger partial charge in [-0.05, 0) is 12.1 Å². The number of nitrogens with two attached hydrogens (primary N) is 2. The predicted molar refractivity (Wildman–Crippen MR) is 92.6 cm³/mol. The molecule has 2 aromatic heterocycles. The molecule has 27 heavy (non-hydrogen) atoms. The number of halogens is 4. The van der Waals surface area contributed by atoms with E-state index in [4.69, 9.17) is 37.4 Å². The van der Waals surface area contributed by atoms with Gasteiger partial charge in [-0.2, -0.15) is 18.2 Å². The summed E-state index contributed by atoms with van der Waals surface area (Å²) in [7, 11) is 0. The van der Waals surface area contributed by atoms with Crippen LogP contribution in [0, 0.1) is 0 Å². The van der Waals surface area contributed by atoms with Gasteiger partial charge in [0.05, 0.1) is 10.4 Å². The molecule has 3 aromatic rings. The van der Waals surface area contributed by atoms with Gasteiger partial charge in [-0.25, -0.2) is 9.78 Å². The molecular weight excluding hydrogens is 391 g/mol. The molecule has 0 radical (unpaired) electrons. The van der Waals surface area contributed by atoms with Crippen LogP contribution in [0.5, 0.6) is 0 Å². The first kappa shape index (κ1) is 19.0. The van der Waals surface area contributed by atoms with E-state index in [0.717, 1.165) is 18.5 Å². The largest absolute Gasteiger partial charge is 0.490 e. The number of carboxylic acid groups (broad SMARTS) is 1. The monoisotopic (exact) mass is 403 g/mol. The van der Waals surface area contributed by atoms with Crippen LogP contribution >= 0.6 is 11.6 Å². The molecule has 5 N–H and O–H groups in total. The Balaban J connectivity index is 0.000000260. The van der Waals surface area contributed by atoms with Crippen molar-refractivity contribution < 1.29 is 27.5 Å². The topological polar surface area (TPSA) is 132 Å². The van der Waals surface area contributed by atoms with Crippen molar-refractivity contribution in [3.05, 3.63) is 23.2 Å². The van der Waals surface area contributed by atoms with Crippen molar-refractivity contribution in [2.75, 3.05) is 23.7 Å². The SMILES string of the molecule is Nc1nc(N2CC(N)C2)c2oc3cccc(Cl)c3c2n1.O=C(O)C(F)(F)F. The highest BCUT2D eigenvalue weighted by Gasteiger charge is 2.38. The van der Waals surface area contributed by atoms with Gasteiger partial charge in [-0.3, -0.25) is 0 Å². The third-order valence-corrected chi connectivity index (χ3v) is 4.06. The summed E-state index contributed by atoms with van der Waals surface area (Å²) < 4.78 is 37.6. The third kappa shape index (κ3) is 3.69. The number of hydrogen-bond donors (Lipinski definition) is 3. The van der Waals surface area contributed by atoms with Crippen molar-refractivity contribution in [2.24, 2.45) is 5.73 Å². The second-order valence-electron chi connectivity index (χ2n) is 5.77. The van der Waals surface area contributed by atoms with Gasteiger partial charge < -0.3 is 25.9 Å². The van der Waals surface area contributed by atoms with Gasteiger partial charge in [0.25, 0.3) is 0 Å². The predicted octanol–water partition coefficient (Wildman–Crippen LogP) is 2.39. The summed E-state index contributed by atoms with van der Waals surface area (Å²) in [6.07, 6.45) is -5.08. The Kier molecular flexibility index (Phi) is 4.74. The zero-order chi connectivity index (χ0) is 19.9. The Morgan fingerprint density at radius 2 is 1.96 bits per heavy atom. The molecule has 1 aromatic carbocycles. The second kappa shape index (κ2) is 6.74. The Hall–Kier alpha value is -2.79. The molecule has 0 bridgehead atoms. The minimum Gasteiger partial charge on any atom is -0.475 e. The number of carbonyl (C=O) groups is 1. The van der Waals surface area contributed by atoms with Crippen LogP contribution in [0.15, 0.2) is 22.6 Å². The molecule has 3 heterocycles. The molecule has 1 saturated heterocycles. The molecule has 0 atom stereocenters. The Bertz CT molecular complexity index is 1020. The van der Waals surface area contributed by atoms with Gasteiger partial charge in [-0.15, -0.1) is 0 Å². The summed E-state index contributed by atoms with van der Waals surface area (Å²) >= 11 is 6.24. The number of aromatic nitrogens is 2. The molecule has 8 nitrogen and oxygen atoms in total. The molecule has 0 spiro atoms. The van der Waals surface area contributed by atoms with Gasteiger partial charge in [-0.1, -0.05) is 17.7 Å². The van der Waals surface area contributed by atoms with Crippen molar-refractivity contribution in [3.63, 3.8) is 0 Å². The number of alkyl halides is 3. The lowest BCUT2D eigenvalue weighted by atomic mass is 10.1. The molecule has 144 valence electrons. The molecule has 12 heteroatoms. The number of furan rings is 1. The lowest BCUT2D eigenvalue weighted by molar-refractivity contribution is -0.192. The summed E-state index contributed by atoms with van der Waals surface area (Å²) in [5.41, 5.74) is 13.6. The lowest BCUT2D eigenvalue weighted by Crippen LogP contribution is -2.56. The minimum absolute atomic E-state index is 0.161. The summed E-state index contributed by atoms with van der Waals surface area (Å²) in [6.45, 7) is 1.46. The Morgan fingerprint density at radius 3 is 2.52 bits per heavy atom. The fraction of sp³-hybridized carbons (Fsp3) is 0.267. The van der Waals surface area contributed by atoms with Crippen molar-refractivity contribution in [2.45, 2.75) is 12.2 Å². The number of aliphatic carboxylic acids is 1. The first-order valence-corrected chi connectivity index (χ1v) is 7.90. The number of benzene rings is 1. The zero-order valence-electron chi connectivity index (χ0n) is 13.5.